The Kier molecular flexibility index (Phi) is 5.42. The lowest BCUT2D eigenvalue weighted by Crippen LogP contribution is -2.43. The first kappa shape index (κ1) is 13.1. The van der Waals surface area contributed by atoms with Gasteiger partial charge < -0.3 is 9.47 Å². The van der Waals surface area contributed by atoms with E-state index in [4.69, 9.17) is 4.74 Å². The number of ether oxygens (including phenoxy) is 2. The Morgan fingerprint density at radius 2 is 1.88 bits per heavy atom. The fourth-order valence-electron chi connectivity index (χ4n) is 1.53. The highest BCUT2D eigenvalue weighted by atomic mass is 16.6. The molecule has 0 saturated carbocycles. The summed E-state index contributed by atoms with van der Waals surface area (Å²) in [4.78, 5) is 23.7. The van der Waals surface area contributed by atoms with Crippen LogP contribution in [-0.2, 0) is 19.1 Å². The minimum Gasteiger partial charge on any atom is -0.391 e. The first-order chi connectivity index (χ1) is 7.58. The second-order valence-electron chi connectivity index (χ2n) is 4.18. The van der Waals surface area contributed by atoms with E-state index in [0.717, 1.165) is 26.0 Å². The first-order valence-electron chi connectivity index (χ1n) is 5.65. The van der Waals surface area contributed by atoms with Crippen molar-refractivity contribution in [2.45, 2.75) is 32.8 Å². The highest BCUT2D eigenvalue weighted by Gasteiger charge is 2.23. The van der Waals surface area contributed by atoms with Crippen LogP contribution in [0.1, 0.15) is 26.7 Å². The van der Waals surface area contributed by atoms with Gasteiger partial charge in [0.1, 0.15) is 0 Å². The molecule has 0 aromatic rings. The second-order valence-corrected chi connectivity index (χ2v) is 4.18. The Morgan fingerprint density at radius 3 is 2.44 bits per heavy atom. The van der Waals surface area contributed by atoms with Crippen LogP contribution < -0.4 is 0 Å². The van der Waals surface area contributed by atoms with Crippen molar-refractivity contribution in [2.24, 2.45) is 0 Å². The van der Waals surface area contributed by atoms with E-state index in [1.807, 2.05) is 18.7 Å². The van der Waals surface area contributed by atoms with E-state index in [1.165, 1.54) is 0 Å². The predicted octanol–water partition coefficient (Wildman–Crippen LogP) is 0.577. The van der Waals surface area contributed by atoms with E-state index < -0.39 is 11.9 Å². The number of morpholine rings is 1. The molecule has 1 fully saturated rings. The van der Waals surface area contributed by atoms with Crippen molar-refractivity contribution in [1.82, 2.24) is 4.90 Å². The largest absolute Gasteiger partial charge is 0.391 e. The Bertz CT molecular complexity index is 236. The molecule has 0 unspecified atom stereocenters. The van der Waals surface area contributed by atoms with Gasteiger partial charge in [-0.15, -0.1) is 0 Å². The van der Waals surface area contributed by atoms with Crippen LogP contribution in [0.15, 0.2) is 0 Å². The molecular formula is C11H19NO4. The molecule has 0 aliphatic carbocycles. The average Bonchev–Trinajstić information content (AvgIpc) is 2.15. The number of rotatable bonds is 6. The van der Waals surface area contributed by atoms with E-state index in [2.05, 4.69) is 4.74 Å². The third-order valence-corrected chi connectivity index (χ3v) is 2.25. The number of unbranched alkanes of at least 4 members (excludes halogenated alkanes) is 1. The lowest BCUT2D eigenvalue weighted by atomic mass is 10.3. The van der Waals surface area contributed by atoms with E-state index in [1.54, 1.807) is 0 Å². The summed E-state index contributed by atoms with van der Waals surface area (Å²) in [5, 5.41) is 0. The summed E-state index contributed by atoms with van der Waals surface area (Å²) in [6.07, 6.45) is 2.12. The monoisotopic (exact) mass is 229 g/mol. The van der Waals surface area contributed by atoms with Gasteiger partial charge in [0.15, 0.2) is 0 Å². The highest BCUT2D eigenvalue weighted by molar-refractivity contribution is 5.90. The van der Waals surface area contributed by atoms with Gasteiger partial charge in [-0.1, -0.05) is 0 Å². The van der Waals surface area contributed by atoms with Crippen molar-refractivity contribution in [3.8, 4) is 0 Å². The van der Waals surface area contributed by atoms with Crippen LogP contribution in [0.25, 0.3) is 0 Å². The minimum absolute atomic E-state index is 0.219. The number of hydrogen-bond donors (Lipinski definition) is 0. The van der Waals surface area contributed by atoms with Crippen LogP contribution in [0, 0.1) is 0 Å². The molecule has 1 saturated heterocycles. The van der Waals surface area contributed by atoms with E-state index in [0.29, 0.717) is 0 Å². The summed E-state index contributed by atoms with van der Waals surface area (Å²) in [5.41, 5.74) is 0. The van der Waals surface area contributed by atoms with Crippen LogP contribution in [0.5, 0.6) is 0 Å². The topological polar surface area (TPSA) is 55.8 Å². The number of carbonyl (C=O) groups is 2. The minimum atomic E-state index is -0.449. The molecular weight excluding hydrogens is 210 g/mol. The van der Waals surface area contributed by atoms with Crippen LogP contribution in [0.3, 0.4) is 0 Å². The smallest absolute Gasteiger partial charge is 0.327 e. The molecule has 0 atom stereocenters. The summed E-state index contributed by atoms with van der Waals surface area (Å²) in [6.45, 7) is 5.90. The summed E-state index contributed by atoms with van der Waals surface area (Å²) >= 11 is 0. The normalized spacial score (nSPS) is 17.9. The van der Waals surface area contributed by atoms with E-state index >= 15 is 0 Å². The van der Waals surface area contributed by atoms with Gasteiger partial charge in [-0.25, -0.2) is 0 Å². The maximum Gasteiger partial charge on any atom is 0.327 e. The number of carbonyl (C=O) groups excluding carboxylic acids is 2. The molecule has 1 heterocycles. The van der Waals surface area contributed by atoms with Crippen molar-refractivity contribution >= 4 is 11.9 Å². The van der Waals surface area contributed by atoms with Gasteiger partial charge in [0.2, 0.25) is 0 Å². The third-order valence-electron chi connectivity index (χ3n) is 2.25. The van der Waals surface area contributed by atoms with Crippen LogP contribution in [0.2, 0.25) is 0 Å². The van der Waals surface area contributed by atoms with Crippen molar-refractivity contribution in [3.63, 3.8) is 0 Å². The standard InChI is InChI=1S/C11H19NO4/c1-9(2)15-6-4-3-5-12-7-10(13)16-11(14)8-12/h9H,3-8H2,1-2H3. The molecule has 1 rings (SSSR count). The maximum absolute atomic E-state index is 11.0. The van der Waals surface area contributed by atoms with E-state index in [9.17, 15) is 9.59 Å². The Hall–Kier alpha value is -0.940. The van der Waals surface area contributed by atoms with Gasteiger partial charge in [-0.05, 0) is 33.2 Å². The SMILES string of the molecule is CC(C)OCCCCN1CC(=O)OC(=O)C1. The van der Waals surface area contributed by atoms with Crippen LogP contribution >= 0.6 is 0 Å². The van der Waals surface area contributed by atoms with Crippen LogP contribution in [0.4, 0.5) is 0 Å². The lowest BCUT2D eigenvalue weighted by Gasteiger charge is -2.23. The highest BCUT2D eigenvalue weighted by Crippen LogP contribution is 2.03. The molecule has 5 heteroatoms. The van der Waals surface area contributed by atoms with Gasteiger partial charge in [-0.2, -0.15) is 0 Å². The molecule has 0 spiro atoms. The van der Waals surface area contributed by atoms with Gasteiger partial charge in [0, 0.05) is 6.61 Å². The molecule has 5 nitrogen and oxygen atoms in total. The summed E-state index contributed by atoms with van der Waals surface area (Å²) in [6, 6.07) is 0. The Balaban J connectivity index is 2.08. The summed E-state index contributed by atoms with van der Waals surface area (Å²) in [5.74, 6) is -0.899. The molecule has 16 heavy (non-hydrogen) atoms. The molecule has 92 valence electrons. The van der Waals surface area contributed by atoms with E-state index in [-0.39, 0.29) is 19.2 Å². The maximum atomic E-state index is 11.0. The Labute approximate surface area is 95.7 Å². The zero-order chi connectivity index (χ0) is 12.0. The predicted molar refractivity (Wildman–Crippen MR) is 57.9 cm³/mol. The van der Waals surface area contributed by atoms with Gasteiger partial charge in [-0.3, -0.25) is 14.5 Å². The molecule has 0 amide bonds. The Morgan fingerprint density at radius 1 is 1.25 bits per heavy atom. The van der Waals surface area contributed by atoms with Crippen molar-refractivity contribution < 1.29 is 19.1 Å². The molecule has 0 bridgehead atoms. The number of cyclic esters (lactones) is 2. The van der Waals surface area contributed by atoms with Crippen molar-refractivity contribution in [1.29, 1.82) is 0 Å². The second kappa shape index (κ2) is 6.60. The van der Waals surface area contributed by atoms with Crippen LogP contribution in [-0.4, -0.2) is 49.2 Å². The van der Waals surface area contributed by atoms with Gasteiger partial charge in [0.25, 0.3) is 0 Å². The molecule has 1 aliphatic heterocycles. The third kappa shape index (κ3) is 5.23. The quantitative estimate of drug-likeness (QED) is 0.379. The zero-order valence-electron chi connectivity index (χ0n) is 9.90. The molecule has 0 aromatic carbocycles. The van der Waals surface area contributed by atoms with Crippen molar-refractivity contribution in [3.05, 3.63) is 0 Å². The number of hydrogen-bond acceptors (Lipinski definition) is 5. The summed E-state index contributed by atoms with van der Waals surface area (Å²) < 4.78 is 9.83. The fourth-order valence-corrected chi connectivity index (χ4v) is 1.53. The first-order valence-corrected chi connectivity index (χ1v) is 5.65. The number of nitrogens with zero attached hydrogens (tertiary/aromatic N) is 1. The van der Waals surface area contributed by atoms with Gasteiger partial charge >= 0.3 is 11.9 Å². The molecule has 0 aromatic heterocycles. The summed E-state index contributed by atoms with van der Waals surface area (Å²) in [7, 11) is 0. The average molecular weight is 229 g/mol. The molecule has 0 N–H and O–H groups in total. The zero-order valence-corrected chi connectivity index (χ0v) is 9.90. The fraction of sp³-hybridized carbons (Fsp3) is 0.818. The molecule has 0 radical (unpaired) electrons. The van der Waals surface area contributed by atoms with Gasteiger partial charge in [0.05, 0.1) is 19.2 Å². The van der Waals surface area contributed by atoms with Crippen molar-refractivity contribution in [2.75, 3.05) is 26.2 Å². The number of esters is 2. The lowest BCUT2D eigenvalue weighted by molar-refractivity contribution is -0.166. The molecule has 1 aliphatic rings.